The predicted molar refractivity (Wildman–Crippen MR) is 524 cm³/mol. The van der Waals surface area contributed by atoms with E-state index in [4.69, 9.17) is 34.8 Å². The second kappa shape index (κ2) is 55.1. The molecule has 10 rings (SSSR count). The number of phenols is 2. The van der Waals surface area contributed by atoms with Crippen molar-refractivity contribution in [1.29, 1.82) is 0 Å². The topological polar surface area (TPSA) is 355 Å². The van der Waals surface area contributed by atoms with Crippen LogP contribution in [0.4, 0.5) is 45.5 Å². The summed E-state index contributed by atoms with van der Waals surface area (Å²) in [4.78, 5) is 66.1. The smallest absolute Gasteiger partial charge is 0.742 e. The number of rotatable bonds is 13. The van der Waals surface area contributed by atoms with Crippen LogP contribution >= 0.6 is 11.1 Å². The van der Waals surface area contributed by atoms with E-state index in [0.29, 0.717) is 54.2 Å². The first-order valence-electron chi connectivity index (χ1n) is 46.1. The quantitative estimate of drug-likeness (QED) is 0.0144. The Bertz CT molecular complexity index is 4520. The number of aliphatic hydroxyl groups excluding tert-OH is 4. The molecule has 5 fully saturated rings. The van der Waals surface area contributed by atoms with E-state index < -0.39 is 61.0 Å². The van der Waals surface area contributed by atoms with Gasteiger partial charge in [0.05, 0.1) is 7.11 Å². The van der Waals surface area contributed by atoms with Gasteiger partial charge < -0.3 is 96.7 Å². The molecular weight excluding hydrogens is 1910 g/mol. The number of phenolic OH excluding ortho intramolecular Hbond substituents is 2. The van der Waals surface area contributed by atoms with Crippen molar-refractivity contribution in [1.82, 2.24) is 24.9 Å². The molecule has 772 valence electrons. The van der Waals surface area contributed by atoms with Crippen molar-refractivity contribution in [3.05, 3.63) is 160 Å². The molecule has 4 amide bonds. The average Bonchev–Trinajstić information content (AvgIpc) is 0.811. The van der Waals surface area contributed by atoms with Crippen LogP contribution in [0.5, 0.6) is 17.2 Å². The third-order valence-electron chi connectivity index (χ3n) is 24.7. The third kappa shape index (κ3) is 41.2. The average molecular weight is 2060 g/mol. The molecule has 5 aromatic carbocycles. The summed E-state index contributed by atoms with van der Waals surface area (Å²) in [6.45, 7) is 55.3. The molecule has 5 aliphatic heterocycles. The zero-order valence-electron chi connectivity index (χ0n) is 85.3. The Morgan fingerprint density at radius 2 is 0.693 bits per heavy atom. The molecular formula is C99H153ClF6KN5O21S3Si. The monoisotopic (exact) mass is 2060 g/mol. The minimum atomic E-state index is -6.85. The van der Waals surface area contributed by atoms with Crippen molar-refractivity contribution in [2.45, 2.75) is 316 Å². The van der Waals surface area contributed by atoms with Crippen molar-refractivity contribution in [2.75, 3.05) is 66.3 Å². The van der Waals surface area contributed by atoms with Crippen molar-refractivity contribution in [3.8, 4) is 17.2 Å². The minimum absolute atomic E-state index is 0. The largest absolute Gasteiger partial charge is 1.00 e. The van der Waals surface area contributed by atoms with E-state index in [1.54, 1.807) is 40.0 Å². The number of halogens is 7. The molecule has 5 saturated heterocycles. The van der Waals surface area contributed by atoms with Gasteiger partial charge in [-0.3, -0.25) is 0 Å². The van der Waals surface area contributed by atoms with Gasteiger partial charge in [-0.1, -0.05) is 143 Å². The van der Waals surface area contributed by atoms with Crippen LogP contribution in [-0.4, -0.2) is 234 Å². The third-order valence-corrected chi connectivity index (χ3v) is 32.6. The molecule has 5 aliphatic rings. The molecule has 7 N–H and O–H groups in total. The molecule has 26 nitrogen and oxygen atoms in total. The molecule has 38 heteroatoms. The van der Waals surface area contributed by atoms with E-state index >= 15 is 0 Å². The number of aromatic hydroxyl groups is 2. The number of carbonyl (C=O) groups excluding carboxylic acids is 5. The number of aliphatic hydroxyl groups is 4. The zero-order chi connectivity index (χ0) is 104. The normalized spacial score (nSPS) is 23.3. The van der Waals surface area contributed by atoms with Crippen LogP contribution in [0.25, 0.3) is 0 Å². The van der Waals surface area contributed by atoms with Crippen LogP contribution in [0.2, 0.25) is 18.1 Å². The van der Waals surface area contributed by atoms with Crippen LogP contribution in [-0.2, 0) is 60.2 Å². The molecule has 0 radical (unpaired) electrons. The molecule has 5 heterocycles. The van der Waals surface area contributed by atoms with Crippen LogP contribution < -0.4 is 61.4 Å². The van der Waals surface area contributed by atoms with Crippen LogP contribution in [0.3, 0.4) is 0 Å². The number of methoxy groups -OCH3 is 1. The maximum absolute atomic E-state index is 12.5. The molecule has 137 heavy (non-hydrogen) atoms. The fourth-order valence-electron chi connectivity index (χ4n) is 16.7. The Kier molecular flexibility index (Phi) is 51.0. The number of benzene rings is 5. The van der Waals surface area contributed by atoms with Crippen molar-refractivity contribution >= 4 is 80.8 Å². The van der Waals surface area contributed by atoms with Crippen molar-refractivity contribution in [3.63, 3.8) is 0 Å². The number of amides is 4. The van der Waals surface area contributed by atoms with Gasteiger partial charge in [0, 0.05) is 112 Å². The van der Waals surface area contributed by atoms with Crippen molar-refractivity contribution in [2.24, 2.45) is 29.6 Å². The summed E-state index contributed by atoms with van der Waals surface area (Å²) in [5.41, 5.74) is -6.05. The number of carbonyl (C=O) groups is 5. The van der Waals surface area contributed by atoms with Gasteiger partial charge >= 0.3 is 107 Å². The molecule has 5 aromatic rings. The second-order valence-electron chi connectivity index (χ2n) is 40.7. The van der Waals surface area contributed by atoms with Gasteiger partial charge in [0.1, 0.15) is 39.7 Å². The van der Waals surface area contributed by atoms with Gasteiger partial charge in [-0.15, -0.1) is 3.63 Å². The summed E-state index contributed by atoms with van der Waals surface area (Å²) in [7, 11) is -13.4. The first-order chi connectivity index (χ1) is 62.3. The van der Waals surface area contributed by atoms with E-state index in [-0.39, 0.29) is 179 Å². The van der Waals surface area contributed by atoms with Crippen LogP contribution in [0.1, 0.15) is 259 Å². The Hall–Kier alpha value is -6.15. The number of hydrogen-bond acceptors (Lipinski definition) is 23. The Balaban J connectivity index is 0.000000545. The van der Waals surface area contributed by atoms with E-state index in [1.165, 1.54) is 29.2 Å². The first kappa shape index (κ1) is 127. The Morgan fingerprint density at radius 3 is 0.934 bits per heavy atom. The van der Waals surface area contributed by atoms with E-state index in [9.17, 15) is 97.8 Å². The molecule has 0 aliphatic carbocycles. The van der Waals surface area contributed by atoms with Crippen LogP contribution in [0.15, 0.2) is 121 Å². The first-order valence-corrected chi connectivity index (χ1v) is 53.3. The second-order valence-corrected chi connectivity index (χ2v) is 51.9. The maximum atomic E-state index is 12.5. The number of likely N-dealkylation sites (tertiary alicyclic amines) is 4. The molecule has 0 spiro atoms. The molecule has 0 unspecified atom stereocenters. The van der Waals surface area contributed by atoms with Gasteiger partial charge in [0.2, 0.25) is 0 Å². The number of piperidine rings is 5. The summed E-state index contributed by atoms with van der Waals surface area (Å²) in [6, 6.07) is 40.0. The molecule has 0 aromatic heterocycles. The number of alkyl halides is 6. The summed E-state index contributed by atoms with van der Waals surface area (Å²) in [5, 5.41) is 61.8. The standard InChI is InChI=1S/C20H31NO2.C19H29NO4.C19H29NO3.C18H27NO4.C13H19NO2.C6H15ClSi.C2F6O5S2.C2H4OS.K/c1-7-17-15(3)21(19(22)23-20(4,5)6)12-11-18(17)16-10-8-9-14(2)13-16;1-13-17(12-21)16(14-7-6-8-15(11-14)23-5)9-10-20(13)18(22)24-19(2,3)4;1-13-7-6-8-15(11-13)16-9-10-20(14(2)17(16)12-21)18(22)23-19(3,4)5;1-12-16(11-20)15(13-6-5-7-14(21)10-13)8-9-19(12)17(22)23-18(2,3)4;1-9-13(8-15)12(5-6-14-9)10-3-2-4-11(16)7-10;1-6(2,3)8(4,5)7;3-1(4,5)14(9,10)13-15(11,12)2(6,7)8;1-2(3)4;/h8-10,13,15,17-18H,7,11-12H2,1-6H3;6-8,11,13,16-17,21H,9-10,12H2,1-5H3;6-8,11,14,16-17,21H,9-10,12H2,1-5H3;5-7,10,12,15-16,20-21H,8-9,11H2,1-4H3;2-4,7,9,12-16H,5-6,8H2,1H3;1-5H3;;1H3,(H,3,4);/q;;;;;;;;+1/p-1/t15-,17-,18+;13-,16+,17-;14-,16+,17-;12-,15+,16-;9-,12+,13-;;;;/m11111..../s1. The summed E-state index contributed by atoms with van der Waals surface area (Å²) in [6.07, 6.45) is 4.36. The van der Waals surface area contributed by atoms with E-state index in [0.717, 1.165) is 74.1 Å². The van der Waals surface area contributed by atoms with Crippen molar-refractivity contribution < 1.29 is 176 Å². The van der Waals surface area contributed by atoms with Gasteiger partial charge in [0.25, 0.3) is 0 Å². The minimum Gasteiger partial charge on any atom is -0.742 e. The number of nitrogens with one attached hydrogen (secondary N) is 1. The SMILES string of the molecule is CC(=O)[S-].CC(C)(C)[Si](C)(C)Cl.CC[C@@H]1[C@@H](C)N(C(=O)OC(C)(C)C)CC[C@H]1c1cccc(C)c1.COc1cccc([C@@H]2CCN(C(=O)OC(C)(C)C)[C@H](C)[C@H]2CO)c1.C[C@@H]1[C@@H](CO)[C@H](c2cccc(O)c2)CCN1C(=O)OC(C)(C)C.C[C@H]1NCC[C@@H](c2cccc(O)c2)[C@@H]1CO.Cc1cccc([C@@H]2CCN(C(=O)OC(C)(C)C)[C@H](C)[C@H]2CO)c1.O=S(=O)(OS(=O)(=O)C(F)(F)F)C(F)(F)F.[K+]. The fourth-order valence-corrected chi connectivity index (χ4v) is 18.3. The van der Waals surface area contributed by atoms with E-state index in [2.05, 4.69) is 141 Å². The fraction of sp³-hybridized carbons (Fsp3) is 0.646. The molecule has 0 bridgehead atoms. The Labute approximate surface area is 864 Å². The van der Waals surface area contributed by atoms with Crippen LogP contribution in [0, 0.1) is 43.4 Å². The summed E-state index contributed by atoms with van der Waals surface area (Å²) >= 11 is 10.1. The maximum Gasteiger partial charge on any atom is 1.00 e. The number of hydrogen-bond donors (Lipinski definition) is 7. The number of aryl methyl sites for hydroxylation is 2. The molecule has 0 saturated carbocycles. The van der Waals surface area contributed by atoms with Gasteiger partial charge in [-0.2, -0.15) is 54.3 Å². The van der Waals surface area contributed by atoms with Gasteiger partial charge in [0.15, 0.2) is 7.38 Å². The summed E-state index contributed by atoms with van der Waals surface area (Å²) in [5.74, 6) is 3.39. The molecule has 15 atom stereocenters. The predicted octanol–water partition coefficient (Wildman–Crippen LogP) is 17.9. The zero-order valence-corrected chi connectivity index (χ0v) is 92.6. The van der Waals surface area contributed by atoms with Gasteiger partial charge in [-0.25, -0.2) is 19.2 Å². The van der Waals surface area contributed by atoms with Gasteiger partial charge in [-0.05, 0) is 282 Å². The van der Waals surface area contributed by atoms with E-state index in [1.807, 2.05) is 161 Å². The number of ether oxygens (including phenoxy) is 5. The number of nitrogens with zero attached hydrogens (tertiary/aromatic N) is 4. The Morgan fingerprint density at radius 1 is 0.445 bits per heavy atom. The summed E-state index contributed by atoms with van der Waals surface area (Å²) < 4.78 is 137.